The zero-order chi connectivity index (χ0) is 19.6. The molecule has 0 saturated heterocycles. The van der Waals surface area contributed by atoms with E-state index in [-0.39, 0.29) is 19.5 Å². The zero-order valence-electron chi connectivity index (χ0n) is 17.1. The Morgan fingerprint density at radius 1 is 0.778 bits per heavy atom. The van der Waals surface area contributed by atoms with Gasteiger partial charge in [-0.15, -0.1) is 0 Å². The SMILES string of the molecule is CC(=O)[O-].Cc1cc(C)n([BH-](n2nc(C)cc2C)n2nc(C)cc2C)n1.[Zn+2]. The molecule has 3 aromatic heterocycles. The third-order valence-corrected chi connectivity index (χ3v) is 4.11. The van der Waals surface area contributed by atoms with Crippen LogP contribution in [0.25, 0.3) is 0 Å². The van der Waals surface area contributed by atoms with Gasteiger partial charge in [-0.2, -0.15) is 0 Å². The maximum absolute atomic E-state index is 8.89. The maximum Gasteiger partial charge on any atom is 2.00 e. The molecule has 27 heavy (non-hydrogen) atoms. The van der Waals surface area contributed by atoms with Gasteiger partial charge in [-0.05, 0) is 83.7 Å². The third-order valence-electron chi connectivity index (χ3n) is 4.11. The first-order chi connectivity index (χ1) is 12.1. The van der Waals surface area contributed by atoms with E-state index < -0.39 is 13.1 Å². The molecule has 3 heterocycles. The standard InChI is InChI=1S/C15H22BN6.C2H4O2.Zn/c1-10-7-13(4)20(17-10)16(21-14(5)8-11(2)18-21)22-15(6)9-12(3)19-22;1-2(3)4;/h7-9,16H,1-6H3;1H3,(H,3,4);/q-1;;+2/p-1. The van der Waals surface area contributed by atoms with Gasteiger partial charge in [0.25, 0.3) is 0 Å². The minimum Gasteiger partial charge on any atom is -0.550 e. The van der Waals surface area contributed by atoms with Gasteiger partial charge in [0.2, 0.25) is 0 Å². The third kappa shape index (κ3) is 5.39. The molecule has 0 N–H and O–H groups in total. The number of carbonyl (C=O) groups is 1. The van der Waals surface area contributed by atoms with Crippen molar-refractivity contribution in [3.63, 3.8) is 0 Å². The van der Waals surface area contributed by atoms with Crippen LogP contribution in [0.15, 0.2) is 18.2 Å². The number of aromatic nitrogens is 6. The number of carbonyl (C=O) groups excluding carboxylic acids is 1. The summed E-state index contributed by atoms with van der Waals surface area (Å²) in [4.78, 5) is 8.89. The van der Waals surface area contributed by atoms with E-state index in [1.807, 2.05) is 20.8 Å². The van der Waals surface area contributed by atoms with Gasteiger partial charge in [0.1, 0.15) is 0 Å². The maximum atomic E-state index is 8.89. The Hall–Kier alpha value is -2.21. The first kappa shape index (κ1) is 22.8. The summed E-state index contributed by atoms with van der Waals surface area (Å²) in [5.74, 6) is -1.08. The van der Waals surface area contributed by atoms with E-state index in [0.29, 0.717) is 0 Å². The molecule has 0 bridgehead atoms. The molecule has 0 amide bonds. The largest absolute Gasteiger partial charge is 2.00 e. The monoisotopic (exact) mass is 420 g/mol. The summed E-state index contributed by atoms with van der Waals surface area (Å²) in [5, 5.41) is 23.0. The number of hydrogen-bond acceptors (Lipinski definition) is 5. The Bertz CT molecular complexity index is 816. The van der Waals surface area contributed by atoms with E-state index >= 15 is 0 Å². The molecule has 0 aromatic carbocycles. The van der Waals surface area contributed by atoms with Gasteiger partial charge in [0.15, 0.2) is 0 Å². The fourth-order valence-electron chi connectivity index (χ4n) is 3.26. The van der Waals surface area contributed by atoms with E-state index in [1.54, 1.807) is 0 Å². The number of rotatable bonds is 3. The molecule has 8 nitrogen and oxygen atoms in total. The van der Waals surface area contributed by atoms with Crippen LogP contribution in [0.1, 0.15) is 41.1 Å². The van der Waals surface area contributed by atoms with Crippen LogP contribution >= 0.6 is 0 Å². The molecule has 0 aliphatic rings. The van der Waals surface area contributed by atoms with Crippen LogP contribution < -0.4 is 5.11 Å². The van der Waals surface area contributed by atoms with E-state index in [0.717, 1.165) is 41.1 Å². The summed E-state index contributed by atoms with van der Waals surface area (Å²) in [5.41, 5.74) is 6.40. The molecule has 0 spiro atoms. The Morgan fingerprint density at radius 3 is 1.15 bits per heavy atom. The van der Waals surface area contributed by atoms with Crippen molar-refractivity contribution in [1.82, 2.24) is 29.1 Å². The van der Waals surface area contributed by atoms with Crippen molar-refractivity contribution in [2.45, 2.75) is 48.5 Å². The van der Waals surface area contributed by atoms with Crippen LogP contribution in [0.3, 0.4) is 0 Å². The van der Waals surface area contributed by atoms with Crippen LogP contribution in [0, 0.1) is 41.5 Å². The summed E-state index contributed by atoms with van der Waals surface area (Å²) in [6.07, 6.45) is 0. The Labute approximate surface area is 172 Å². The fourth-order valence-corrected chi connectivity index (χ4v) is 3.26. The Balaban J connectivity index is 0.000000666. The van der Waals surface area contributed by atoms with Gasteiger partial charge in [-0.3, -0.25) is 0 Å². The van der Waals surface area contributed by atoms with Crippen LogP contribution in [0.4, 0.5) is 0 Å². The minimum atomic E-state index is -1.26. The molecule has 3 rings (SSSR count). The predicted octanol–water partition coefficient (Wildman–Crippen LogP) is 0.542. The van der Waals surface area contributed by atoms with Crippen molar-refractivity contribution in [3.05, 3.63) is 52.4 Å². The minimum absolute atomic E-state index is 0. The smallest absolute Gasteiger partial charge is 0.550 e. The first-order valence-electron chi connectivity index (χ1n) is 8.53. The molecule has 0 unspecified atom stereocenters. The van der Waals surface area contributed by atoms with Crippen molar-refractivity contribution in [1.29, 1.82) is 0 Å². The van der Waals surface area contributed by atoms with Crippen molar-refractivity contribution in [3.8, 4) is 0 Å². The number of carboxylic acids is 1. The number of aliphatic carboxylic acids is 1. The van der Waals surface area contributed by atoms with Crippen LogP contribution in [0.2, 0.25) is 0 Å². The topological polar surface area (TPSA) is 93.6 Å². The zero-order valence-corrected chi connectivity index (χ0v) is 20.1. The van der Waals surface area contributed by atoms with Crippen molar-refractivity contribution in [2.24, 2.45) is 0 Å². The summed E-state index contributed by atoms with van der Waals surface area (Å²) in [6, 6.07) is 6.28. The molecule has 3 aromatic rings. The molecule has 10 heteroatoms. The Morgan fingerprint density at radius 2 is 1.00 bits per heavy atom. The van der Waals surface area contributed by atoms with E-state index in [9.17, 15) is 0 Å². The van der Waals surface area contributed by atoms with Gasteiger partial charge in [-0.25, -0.2) is 15.3 Å². The number of nitrogens with zero attached hydrogens (tertiary/aromatic N) is 6. The fraction of sp³-hybridized carbons (Fsp3) is 0.412. The van der Waals surface area contributed by atoms with E-state index in [2.05, 4.69) is 52.7 Å². The molecular weight excluding hydrogens is 396 g/mol. The molecule has 0 radical (unpaired) electrons. The van der Waals surface area contributed by atoms with Crippen LogP contribution in [-0.2, 0) is 24.3 Å². The average Bonchev–Trinajstić information content (AvgIpc) is 3.10. The number of hydrogen-bond donors (Lipinski definition) is 0. The average molecular weight is 422 g/mol. The number of aryl methyl sites for hydroxylation is 6. The Kier molecular flexibility index (Phi) is 7.72. The van der Waals surface area contributed by atoms with Gasteiger partial charge < -0.3 is 23.7 Å². The van der Waals surface area contributed by atoms with Crippen molar-refractivity contribution in [2.75, 3.05) is 0 Å². The molecule has 0 aliphatic carbocycles. The second-order valence-corrected chi connectivity index (χ2v) is 6.70. The number of carboxylic acid groups (broad SMARTS) is 1. The second kappa shape index (κ2) is 9.13. The second-order valence-electron chi connectivity index (χ2n) is 6.70. The van der Waals surface area contributed by atoms with E-state index in [4.69, 9.17) is 25.2 Å². The quantitative estimate of drug-likeness (QED) is 0.576. The van der Waals surface area contributed by atoms with Crippen LogP contribution in [0.5, 0.6) is 0 Å². The summed E-state index contributed by atoms with van der Waals surface area (Å²) in [6.45, 7) is 13.3. The van der Waals surface area contributed by atoms with Crippen molar-refractivity contribution >= 4 is 13.1 Å². The van der Waals surface area contributed by atoms with Gasteiger partial charge in [-0.1, -0.05) is 0 Å². The van der Waals surface area contributed by atoms with Gasteiger partial charge in [0.05, 0.1) is 17.1 Å². The normalized spacial score (nSPS) is 10.4. The molecular formula is C17H25BN6O2Zn. The molecule has 140 valence electrons. The van der Waals surface area contributed by atoms with Crippen molar-refractivity contribution < 1.29 is 29.4 Å². The molecule has 0 aliphatic heterocycles. The van der Waals surface area contributed by atoms with Gasteiger partial charge >= 0.3 is 26.6 Å². The molecule has 0 atom stereocenters. The summed E-state index contributed by atoms with van der Waals surface area (Å²) in [7, 11) is -1.26. The van der Waals surface area contributed by atoms with Gasteiger partial charge in [0, 0.05) is 5.97 Å². The summed E-state index contributed by atoms with van der Waals surface area (Å²) >= 11 is 0. The van der Waals surface area contributed by atoms with E-state index in [1.165, 1.54) is 0 Å². The summed E-state index contributed by atoms with van der Waals surface area (Å²) < 4.78 is 6.19. The first-order valence-corrected chi connectivity index (χ1v) is 8.53. The van der Waals surface area contributed by atoms with Crippen LogP contribution in [-0.4, -0.2) is 42.2 Å². The molecule has 0 fully saturated rings. The predicted molar refractivity (Wildman–Crippen MR) is 99.1 cm³/mol. The molecule has 0 saturated carbocycles.